The highest BCUT2D eigenvalue weighted by molar-refractivity contribution is 5.98. The van der Waals surface area contributed by atoms with Crippen molar-refractivity contribution in [1.29, 1.82) is 0 Å². The molecule has 1 atom stereocenters. The number of rotatable bonds is 4. The Morgan fingerprint density at radius 1 is 1.16 bits per heavy atom. The Bertz CT molecular complexity index is 327. The van der Waals surface area contributed by atoms with E-state index in [1.807, 2.05) is 6.92 Å². The Hall–Kier alpha value is -0.900. The first kappa shape index (κ1) is 14.5. The van der Waals surface area contributed by atoms with Crippen molar-refractivity contribution >= 4 is 11.8 Å². The molecule has 1 unspecified atom stereocenters. The van der Waals surface area contributed by atoms with Gasteiger partial charge in [-0.15, -0.1) is 0 Å². The molecule has 0 aromatic heterocycles. The van der Waals surface area contributed by atoms with Gasteiger partial charge in [0.15, 0.2) is 0 Å². The number of hydrogen-bond donors (Lipinski definition) is 1. The number of aliphatic hydroxyl groups is 1. The van der Waals surface area contributed by atoms with E-state index in [0.717, 1.165) is 32.1 Å². The monoisotopic (exact) mass is 267 g/mol. The fraction of sp³-hybridized carbons (Fsp3) is 0.867. The third-order valence-electron chi connectivity index (χ3n) is 4.58. The standard InChI is InChI=1S/C15H25NO3/c1-2-6-12(17)11-16-13(18)9-15(10-14(16)19)7-4-3-5-8-15/h12,17H,2-11H2,1H3. The lowest BCUT2D eigenvalue weighted by Crippen LogP contribution is -2.50. The van der Waals surface area contributed by atoms with Crippen LogP contribution in [0, 0.1) is 5.41 Å². The number of carbonyl (C=O) groups is 2. The maximum atomic E-state index is 12.2. The molecule has 1 saturated carbocycles. The Morgan fingerprint density at radius 2 is 1.74 bits per heavy atom. The average molecular weight is 267 g/mol. The molecule has 1 aliphatic heterocycles. The second kappa shape index (κ2) is 6.04. The molecule has 19 heavy (non-hydrogen) atoms. The maximum absolute atomic E-state index is 12.2. The smallest absolute Gasteiger partial charge is 0.229 e. The minimum absolute atomic E-state index is 0.0569. The molecule has 0 aromatic carbocycles. The summed E-state index contributed by atoms with van der Waals surface area (Å²) in [4.78, 5) is 25.7. The van der Waals surface area contributed by atoms with Crippen LogP contribution < -0.4 is 0 Å². The summed E-state index contributed by atoms with van der Waals surface area (Å²) in [6.07, 6.45) is 7.45. The number of nitrogens with zero attached hydrogens (tertiary/aromatic N) is 1. The van der Waals surface area contributed by atoms with Crippen molar-refractivity contribution in [2.24, 2.45) is 5.41 Å². The second-order valence-corrected chi connectivity index (χ2v) is 6.25. The zero-order valence-electron chi connectivity index (χ0n) is 11.9. The van der Waals surface area contributed by atoms with Crippen LogP contribution in [0.2, 0.25) is 0 Å². The van der Waals surface area contributed by atoms with Gasteiger partial charge in [-0.25, -0.2) is 0 Å². The van der Waals surface area contributed by atoms with E-state index in [-0.39, 0.29) is 23.8 Å². The molecule has 0 aromatic rings. The zero-order valence-corrected chi connectivity index (χ0v) is 11.9. The highest BCUT2D eigenvalue weighted by atomic mass is 16.3. The Balaban J connectivity index is 1.98. The summed E-state index contributed by atoms with van der Waals surface area (Å²) >= 11 is 0. The van der Waals surface area contributed by atoms with E-state index in [1.165, 1.54) is 11.3 Å². The topological polar surface area (TPSA) is 57.6 Å². The minimum atomic E-state index is -0.571. The first-order valence-electron chi connectivity index (χ1n) is 7.57. The van der Waals surface area contributed by atoms with Crippen molar-refractivity contribution in [3.63, 3.8) is 0 Å². The lowest BCUT2D eigenvalue weighted by molar-refractivity contribution is -0.156. The number of piperidine rings is 1. The van der Waals surface area contributed by atoms with Crippen LogP contribution >= 0.6 is 0 Å². The van der Waals surface area contributed by atoms with E-state index in [1.54, 1.807) is 0 Å². The summed E-state index contributed by atoms with van der Waals surface area (Å²) in [5.74, 6) is -0.151. The normalized spacial score (nSPS) is 24.8. The van der Waals surface area contributed by atoms with Crippen LogP contribution in [0.4, 0.5) is 0 Å². The molecule has 2 fully saturated rings. The van der Waals surface area contributed by atoms with Gasteiger partial charge in [0, 0.05) is 12.8 Å². The Kier molecular flexibility index (Phi) is 4.61. The summed E-state index contributed by atoms with van der Waals surface area (Å²) in [6, 6.07) is 0. The van der Waals surface area contributed by atoms with Gasteiger partial charge in [0.1, 0.15) is 0 Å². The minimum Gasteiger partial charge on any atom is -0.391 e. The maximum Gasteiger partial charge on any atom is 0.229 e. The number of likely N-dealkylation sites (tertiary alicyclic amines) is 1. The lowest BCUT2D eigenvalue weighted by Gasteiger charge is -2.42. The largest absolute Gasteiger partial charge is 0.391 e. The van der Waals surface area contributed by atoms with Crippen LogP contribution in [0.1, 0.15) is 64.7 Å². The van der Waals surface area contributed by atoms with Crippen molar-refractivity contribution in [3.05, 3.63) is 0 Å². The summed E-state index contributed by atoms with van der Waals surface area (Å²) in [6.45, 7) is 2.17. The molecular formula is C15H25NO3. The first-order chi connectivity index (χ1) is 9.06. The highest BCUT2D eigenvalue weighted by Crippen LogP contribution is 2.45. The number of amides is 2. The first-order valence-corrected chi connectivity index (χ1v) is 7.57. The van der Waals surface area contributed by atoms with Crippen LogP contribution in [-0.4, -0.2) is 34.5 Å². The van der Waals surface area contributed by atoms with Crippen molar-refractivity contribution < 1.29 is 14.7 Å². The average Bonchev–Trinajstić information content (AvgIpc) is 2.35. The van der Waals surface area contributed by atoms with Gasteiger partial charge in [-0.2, -0.15) is 0 Å². The lowest BCUT2D eigenvalue weighted by atomic mass is 9.67. The van der Waals surface area contributed by atoms with Gasteiger partial charge in [0.05, 0.1) is 12.6 Å². The van der Waals surface area contributed by atoms with Gasteiger partial charge in [-0.1, -0.05) is 32.6 Å². The van der Waals surface area contributed by atoms with Crippen LogP contribution in [0.5, 0.6) is 0 Å². The van der Waals surface area contributed by atoms with Gasteiger partial charge >= 0.3 is 0 Å². The SMILES string of the molecule is CCCC(O)CN1C(=O)CC2(CCCCC2)CC1=O. The van der Waals surface area contributed by atoms with E-state index in [9.17, 15) is 14.7 Å². The molecule has 0 radical (unpaired) electrons. The molecule has 2 amide bonds. The number of imide groups is 1. The van der Waals surface area contributed by atoms with Crippen molar-refractivity contribution in [3.8, 4) is 0 Å². The number of β-amino-alcohol motifs (C(OH)–C–C–N with tert-alkyl or cyclic N) is 1. The molecule has 2 aliphatic rings. The summed E-state index contributed by atoms with van der Waals surface area (Å²) < 4.78 is 0. The van der Waals surface area contributed by atoms with Crippen LogP contribution in [0.25, 0.3) is 0 Å². The van der Waals surface area contributed by atoms with E-state index in [2.05, 4.69) is 0 Å². The van der Waals surface area contributed by atoms with Gasteiger partial charge in [-0.05, 0) is 24.7 Å². The number of aliphatic hydroxyl groups excluding tert-OH is 1. The Labute approximate surface area is 115 Å². The van der Waals surface area contributed by atoms with E-state index >= 15 is 0 Å². The van der Waals surface area contributed by atoms with Crippen LogP contribution in [-0.2, 0) is 9.59 Å². The molecule has 0 bridgehead atoms. The van der Waals surface area contributed by atoms with Crippen LogP contribution in [0.15, 0.2) is 0 Å². The van der Waals surface area contributed by atoms with Gasteiger partial charge in [0.2, 0.25) is 11.8 Å². The fourth-order valence-corrected chi connectivity index (χ4v) is 3.53. The molecule has 108 valence electrons. The number of hydrogen-bond acceptors (Lipinski definition) is 3. The summed E-state index contributed by atoms with van der Waals surface area (Å²) in [7, 11) is 0. The van der Waals surface area contributed by atoms with Crippen molar-refractivity contribution in [2.45, 2.75) is 70.8 Å². The summed E-state index contributed by atoms with van der Waals surface area (Å²) in [5.41, 5.74) is -0.0569. The van der Waals surface area contributed by atoms with Crippen molar-refractivity contribution in [1.82, 2.24) is 4.90 Å². The second-order valence-electron chi connectivity index (χ2n) is 6.25. The molecule has 1 heterocycles. The van der Waals surface area contributed by atoms with E-state index in [0.29, 0.717) is 19.3 Å². The third kappa shape index (κ3) is 3.35. The molecule has 1 spiro atoms. The molecule has 4 nitrogen and oxygen atoms in total. The van der Waals surface area contributed by atoms with Gasteiger partial charge in [0.25, 0.3) is 0 Å². The Morgan fingerprint density at radius 3 is 2.26 bits per heavy atom. The molecule has 1 saturated heterocycles. The third-order valence-corrected chi connectivity index (χ3v) is 4.58. The van der Waals surface area contributed by atoms with Gasteiger partial charge in [-0.3, -0.25) is 14.5 Å². The molecule has 1 aliphatic carbocycles. The molecular weight excluding hydrogens is 242 g/mol. The fourth-order valence-electron chi connectivity index (χ4n) is 3.53. The van der Waals surface area contributed by atoms with E-state index < -0.39 is 6.10 Å². The quantitative estimate of drug-likeness (QED) is 0.795. The highest BCUT2D eigenvalue weighted by Gasteiger charge is 2.44. The molecule has 2 rings (SSSR count). The zero-order chi connectivity index (χ0) is 13.9. The van der Waals surface area contributed by atoms with E-state index in [4.69, 9.17) is 0 Å². The number of carbonyl (C=O) groups excluding carboxylic acids is 2. The van der Waals surface area contributed by atoms with Crippen molar-refractivity contribution in [2.75, 3.05) is 6.54 Å². The molecule has 1 N–H and O–H groups in total. The predicted molar refractivity (Wildman–Crippen MR) is 72.4 cm³/mol. The predicted octanol–water partition coefficient (Wildman–Crippen LogP) is 2.25. The van der Waals surface area contributed by atoms with Gasteiger partial charge < -0.3 is 5.11 Å². The summed E-state index contributed by atoms with van der Waals surface area (Å²) in [5, 5.41) is 9.79. The molecule has 4 heteroatoms. The van der Waals surface area contributed by atoms with Crippen LogP contribution in [0.3, 0.4) is 0 Å².